The number of amides is 1. The number of hydrogen-bond donors (Lipinski definition) is 2. The molecule has 138 valence electrons. The van der Waals surface area contributed by atoms with E-state index in [-0.39, 0.29) is 11.3 Å². The molecule has 1 amide bonds. The van der Waals surface area contributed by atoms with Gasteiger partial charge in [-0.1, -0.05) is 23.7 Å². The van der Waals surface area contributed by atoms with Crippen LogP contribution in [-0.2, 0) is 9.53 Å². The second-order valence-electron chi connectivity index (χ2n) is 5.81. The fourth-order valence-corrected chi connectivity index (χ4v) is 2.42. The molecule has 0 saturated carbocycles. The molecule has 0 aliphatic heterocycles. The van der Waals surface area contributed by atoms with Gasteiger partial charge in [-0.2, -0.15) is 0 Å². The predicted octanol–water partition coefficient (Wildman–Crippen LogP) is 3.86. The van der Waals surface area contributed by atoms with Gasteiger partial charge in [0.2, 0.25) is 0 Å². The van der Waals surface area contributed by atoms with E-state index >= 15 is 0 Å². The molecule has 1 unspecified atom stereocenters. The van der Waals surface area contributed by atoms with Crippen molar-refractivity contribution in [2.24, 2.45) is 0 Å². The molecule has 0 heterocycles. The SMILES string of the molecule is COc1cc(Cl)c(C)cc1NC(=O)C(C)OC(=O)c1cccc(C)c1O. The average molecular weight is 378 g/mol. The quantitative estimate of drug-likeness (QED) is 0.773. The molecule has 0 spiro atoms. The zero-order valence-corrected chi connectivity index (χ0v) is 15.7. The maximum Gasteiger partial charge on any atom is 0.342 e. The summed E-state index contributed by atoms with van der Waals surface area (Å²) < 4.78 is 10.4. The van der Waals surface area contributed by atoms with Crippen LogP contribution in [0.4, 0.5) is 5.69 Å². The number of phenolic OH excluding ortho intramolecular Hbond substituents is 1. The van der Waals surface area contributed by atoms with Gasteiger partial charge in [0.05, 0.1) is 12.8 Å². The third-order valence-electron chi connectivity index (χ3n) is 3.85. The van der Waals surface area contributed by atoms with E-state index in [0.29, 0.717) is 22.0 Å². The van der Waals surface area contributed by atoms with Crippen LogP contribution in [0.1, 0.15) is 28.4 Å². The van der Waals surface area contributed by atoms with E-state index in [1.54, 1.807) is 38.1 Å². The van der Waals surface area contributed by atoms with Gasteiger partial charge in [-0.3, -0.25) is 4.79 Å². The van der Waals surface area contributed by atoms with E-state index < -0.39 is 18.0 Å². The van der Waals surface area contributed by atoms with Gasteiger partial charge in [0, 0.05) is 11.1 Å². The van der Waals surface area contributed by atoms with Crippen molar-refractivity contribution >= 4 is 29.2 Å². The summed E-state index contributed by atoms with van der Waals surface area (Å²) in [6, 6.07) is 7.98. The predicted molar refractivity (Wildman–Crippen MR) is 99.1 cm³/mol. The van der Waals surface area contributed by atoms with Crippen molar-refractivity contribution in [3.63, 3.8) is 0 Å². The number of anilines is 1. The van der Waals surface area contributed by atoms with Crippen LogP contribution in [0.2, 0.25) is 5.02 Å². The Morgan fingerprint density at radius 3 is 2.54 bits per heavy atom. The van der Waals surface area contributed by atoms with Crippen molar-refractivity contribution < 1.29 is 24.2 Å². The molecule has 26 heavy (non-hydrogen) atoms. The van der Waals surface area contributed by atoms with Crippen molar-refractivity contribution in [3.05, 3.63) is 52.0 Å². The summed E-state index contributed by atoms with van der Waals surface area (Å²) in [6.07, 6.45) is -1.08. The lowest BCUT2D eigenvalue weighted by atomic mass is 10.1. The zero-order valence-electron chi connectivity index (χ0n) is 14.9. The molecule has 2 aromatic carbocycles. The van der Waals surface area contributed by atoms with Gasteiger partial charge >= 0.3 is 5.97 Å². The van der Waals surface area contributed by atoms with Crippen molar-refractivity contribution in [2.45, 2.75) is 26.9 Å². The molecule has 7 heteroatoms. The highest BCUT2D eigenvalue weighted by Crippen LogP contribution is 2.31. The fraction of sp³-hybridized carbons (Fsp3) is 0.263. The highest BCUT2D eigenvalue weighted by molar-refractivity contribution is 6.31. The number of para-hydroxylation sites is 1. The van der Waals surface area contributed by atoms with Crippen LogP contribution in [-0.4, -0.2) is 30.2 Å². The fourth-order valence-electron chi connectivity index (χ4n) is 2.27. The molecule has 0 radical (unpaired) electrons. The monoisotopic (exact) mass is 377 g/mol. The number of aromatic hydroxyl groups is 1. The van der Waals surface area contributed by atoms with Crippen molar-refractivity contribution in [3.8, 4) is 11.5 Å². The number of methoxy groups -OCH3 is 1. The molecule has 1 atom stereocenters. The van der Waals surface area contributed by atoms with E-state index in [9.17, 15) is 14.7 Å². The van der Waals surface area contributed by atoms with Crippen molar-refractivity contribution in [1.82, 2.24) is 0 Å². The van der Waals surface area contributed by atoms with Gasteiger partial charge in [-0.05, 0) is 44.0 Å². The Hall–Kier alpha value is -2.73. The summed E-state index contributed by atoms with van der Waals surface area (Å²) in [5.74, 6) is -1.09. The maximum absolute atomic E-state index is 12.4. The number of hydrogen-bond acceptors (Lipinski definition) is 5. The van der Waals surface area contributed by atoms with Gasteiger partial charge in [-0.25, -0.2) is 4.79 Å². The number of esters is 1. The Labute approximate surface area is 156 Å². The van der Waals surface area contributed by atoms with Crippen LogP contribution in [0.3, 0.4) is 0 Å². The number of carbonyl (C=O) groups excluding carboxylic acids is 2. The molecule has 0 bridgehead atoms. The van der Waals surface area contributed by atoms with Crippen LogP contribution in [0, 0.1) is 13.8 Å². The van der Waals surface area contributed by atoms with Crippen molar-refractivity contribution in [1.29, 1.82) is 0 Å². The molecule has 0 saturated heterocycles. The Balaban J connectivity index is 2.12. The molecule has 0 aliphatic rings. The number of halogens is 1. The number of aryl methyl sites for hydroxylation is 2. The molecule has 0 aliphatic carbocycles. The van der Waals surface area contributed by atoms with E-state index in [1.807, 2.05) is 0 Å². The molecular formula is C19H20ClNO5. The van der Waals surface area contributed by atoms with Crippen LogP contribution in [0.15, 0.2) is 30.3 Å². The average Bonchev–Trinajstić information content (AvgIpc) is 2.59. The molecule has 6 nitrogen and oxygen atoms in total. The molecular weight excluding hydrogens is 358 g/mol. The minimum Gasteiger partial charge on any atom is -0.507 e. The first-order valence-corrected chi connectivity index (χ1v) is 8.27. The third-order valence-corrected chi connectivity index (χ3v) is 4.26. The van der Waals surface area contributed by atoms with E-state index in [1.165, 1.54) is 20.1 Å². The Bertz CT molecular complexity index is 850. The van der Waals surface area contributed by atoms with Crippen LogP contribution in [0.25, 0.3) is 0 Å². The van der Waals surface area contributed by atoms with Gasteiger partial charge in [-0.15, -0.1) is 0 Å². The maximum atomic E-state index is 12.4. The van der Waals surface area contributed by atoms with E-state index in [2.05, 4.69) is 5.32 Å². The minimum absolute atomic E-state index is 0.00423. The van der Waals surface area contributed by atoms with Gasteiger partial charge in [0.15, 0.2) is 6.10 Å². The Morgan fingerprint density at radius 1 is 1.19 bits per heavy atom. The van der Waals surface area contributed by atoms with Crippen molar-refractivity contribution in [2.75, 3.05) is 12.4 Å². The number of benzene rings is 2. The normalized spacial score (nSPS) is 11.6. The summed E-state index contributed by atoms with van der Waals surface area (Å²) in [5, 5.41) is 13.1. The Kier molecular flexibility index (Phi) is 6.10. The smallest absolute Gasteiger partial charge is 0.342 e. The van der Waals surface area contributed by atoms with Gasteiger partial charge in [0.1, 0.15) is 17.1 Å². The van der Waals surface area contributed by atoms with Gasteiger partial charge in [0.25, 0.3) is 5.91 Å². The lowest BCUT2D eigenvalue weighted by Crippen LogP contribution is -2.30. The second-order valence-corrected chi connectivity index (χ2v) is 6.22. The number of nitrogens with one attached hydrogen (secondary N) is 1. The van der Waals surface area contributed by atoms with Gasteiger partial charge < -0.3 is 19.9 Å². The molecule has 0 aromatic heterocycles. The largest absolute Gasteiger partial charge is 0.507 e. The molecule has 0 fully saturated rings. The first kappa shape index (κ1) is 19.6. The van der Waals surface area contributed by atoms with Crippen LogP contribution >= 0.6 is 11.6 Å². The first-order valence-electron chi connectivity index (χ1n) is 7.89. The minimum atomic E-state index is -1.08. The highest BCUT2D eigenvalue weighted by atomic mass is 35.5. The lowest BCUT2D eigenvalue weighted by molar-refractivity contribution is -0.123. The standard InChI is InChI=1S/C19H20ClNO5/c1-10-6-5-7-13(17(10)22)19(24)26-12(3)18(23)21-15-8-11(2)14(20)9-16(15)25-4/h5-9,12,22H,1-4H3,(H,21,23). The van der Waals surface area contributed by atoms with E-state index in [0.717, 1.165) is 5.56 Å². The summed E-state index contributed by atoms with van der Waals surface area (Å²) >= 11 is 6.04. The van der Waals surface area contributed by atoms with Crippen LogP contribution in [0.5, 0.6) is 11.5 Å². The summed E-state index contributed by atoms with van der Waals surface area (Å²) in [7, 11) is 1.46. The van der Waals surface area contributed by atoms with E-state index in [4.69, 9.17) is 21.1 Å². The summed E-state index contributed by atoms with van der Waals surface area (Å²) in [4.78, 5) is 24.6. The lowest BCUT2D eigenvalue weighted by Gasteiger charge is -2.16. The number of carbonyl (C=O) groups is 2. The first-order chi connectivity index (χ1) is 12.2. The zero-order chi connectivity index (χ0) is 19.4. The number of rotatable bonds is 5. The summed E-state index contributed by atoms with van der Waals surface area (Å²) in [5.41, 5.74) is 1.72. The van der Waals surface area contributed by atoms with Crippen LogP contribution < -0.4 is 10.1 Å². The number of ether oxygens (including phenoxy) is 2. The highest BCUT2D eigenvalue weighted by Gasteiger charge is 2.22. The molecule has 2 aromatic rings. The second kappa shape index (κ2) is 8.10. The summed E-state index contributed by atoms with van der Waals surface area (Å²) in [6.45, 7) is 4.90. The third kappa shape index (κ3) is 4.26. The number of phenols is 1. The topological polar surface area (TPSA) is 84.9 Å². The molecule has 2 rings (SSSR count). The Morgan fingerprint density at radius 2 is 1.88 bits per heavy atom. The molecule has 2 N–H and O–H groups in total.